The second kappa shape index (κ2) is 6.85. The van der Waals surface area contributed by atoms with E-state index in [2.05, 4.69) is 24.1 Å². The van der Waals surface area contributed by atoms with Crippen molar-refractivity contribution < 1.29 is 9.31 Å². The molecule has 1 atom stereocenters. The molecule has 0 spiro atoms. The predicted molar refractivity (Wildman–Crippen MR) is 81.0 cm³/mol. The van der Waals surface area contributed by atoms with Gasteiger partial charge in [-0.3, -0.25) is 10.1 Å². The van der Waals surface area contributed by atoms with Crippen LogP contribution in [0.15, 0.2) is 18.2 Å². The largest absolute Gasteiger partial charge is 0.382 e. The van der Waals surface area contributed by atoms with Crippen molar-refractivity contribution in [1.29, 1.82) is 0 Å². The average Bonchev–Trinajstić information content (AvgIpc) is 2.63. The van der Waals surface area contributed by atoms with Gasteiger partial charge in [0.25, 0.3) is 5.69 Å². The molecule has 116 valence electrons. The molecule has 1 saturated heterocycles. The van der Waals surface area contributed by atoms with Gasteiger partial charge in [-0.15, -0.1) is 0 Å². The normalized spacial score (nSPS) is 20.3. The van der Waals surface area contributed by atoms with Crippen molar-refractivity contribution in [3.63, 3.8) is 0 Å². The van der Waals surface area contributed by atoms with Crippen molar-refractivity contribution in [3.05, 3.63) is 34.1 Å². The molecule has 1 aliphatic heterocycles. The number of nitrogens with one attached hydrogen (secondary N) is 1. The highest BCUT2D eigenvalue weighted by Crippen LogP contribution is 2.23. The quantitative estimate of drug-likeness (QED) is 0.683. The summed E-state index contributed by atoms with van der Waals surface area (Å²) in [6.45, 7) is 6.43. The molecule has 1 unspecified atom stereocenters. The van der Waals surface area contributed by atoms with Crippen LogP contribution < -0.4 is 5.32 Å². The molecule has 0 aromatic heterocycles. The van der Waals surface area contributed by atoms with E-state index in [-0.39, 0.29) is 11.7 Å². The Bertz CT molecular complexity index is 508. The molecule has 0 radical (unpaired) electrons. The highest BCUT2D eigenvalue weighted by molar-refractivity contribution is 5.52. The number of likely N-dealkylation sites (tertiary alicyclic amines) is 1. The summed E-state index contributed by atoms with van der Waals surface area (Å²) in [6.07, 6.45) is 3.03. The van der Waals surface area contributed by atoms with Crippen molar-refractivity contribution in [1.82, 2.24) is 4.90 Å². The van der Waals surface area contributed by atoms with E-state index in [1.165, 1.54) is 12.1 Å². The summed E-state index contributed by atoms with van der Waals surface area (Å²) in [6, 6.07) is 4.42. The third-order valence-electron chi connectivity index (χ3n) is 3.96. The molecular formula is C15H22FN3O2. The number of halogens is 1. The van der Waals surface area contributed by atoms with Crippen LogP contribution in [0.2, 0.25) is 0 Å². The first-order valence-corrected chi connectivity index (χ1v) is 7.41. The fraction of sp³-hybridized carbons (Fsp3) is 0.600. The van der Waals surface area contributed by atoms with Crippen LogP contribution in [0.5, 0.6) is 0 Å². The number of benzene rings is 1. The topological polar surface area (TPSA) is 58.4 Å². The molecule has 2 rings (SSSR count). The van der Waals surface area contributed by atoms with E-state index >= 15 is 0 Å². The Morgan fingerprint density at radius 3 is 2.76 bits per heavy atom. The van der Waals surface area contributed by atoms with Crippen molar-refractivity contribution in [3.8, 4) is 0 Å². The molecule has 1 aromatic carbocycles. The van der Waals surface area contributed by atoms with Gasteiger partial charge in [0.15, 0.2) is 0 Å². The summed E-state index contributed by atoms with van der Waals surface area (Å²) in [5.41, 5.74) is 0.277. The molecule has 1 heterocycles. The molecule has 1 aliphatic rings. The van der Waals surface area contributed by atoms with E-state index in [1.807, 2.05) is 0 Å². The molecule has 6 heteroatoms. The molecular weight excluding hydrogens is 273 g/mol. The summed E-state index contributed by atoms with van der Waals surface area (Å²) < 4.78 is 13.4. The van der Waals surface area contributed by atoms with Gasteiger partial charge < -0.3 is 10.2 Å². The Balaban J connectivity index is 2.03. The molecule has 1 fully saturated rings. The first kappa shape index (κ1) is 15.7. The highest BCUT2D eigenvalue weighted by Gasteiger charge is 2.19. The Morgan fingerprint density at radius 2 is 2.10 bits per heavy atom. The van der Waals surface area contributed by atoms with Crippen LogP contribution in [-0.4, -0.2) is 35.0 Å². The molecule has 1 aromatic rings. The number of hydrogen-bond acceptors (Lipinski definition) is 4. The second-order valence-corrected chi connectivity index (χ2v) is 5.86. The van der Waals surface area contributed by atoms with Gasteiger partial charge >= 0.3 is 0 Å². The Kier molecular flexibility index (Phi) is 5.12. The summed E-state index contributed by atoms with van der Waals surface area (Å²) in [5.74, 6) is -0.580. The fourth-order valence-electron chi connectivity index (χ4n) is 2.78. The Labute approximate surface area is 124 Å². The molecule has 21 heavy (non-hydrogen) atoms. The zero-order valence-corrected chi connectivity index (χ0v) is 12.5. The summed E-state index contributed by atoms with van der Waals surface area (Å²) in [5, 5.41) is 14.0. The smallest absolute Gasteiger partial charge is 0.274 e. The minimum Gasteiger partial charge on any atom is -0.382 e. The van der Waals surface area contributed by atoms with Gasteiger partial charge in [0.1, 0.15) is 5.82 Å². The predicted octanol–water partition coefficient (Wildman–Crippen LogP) is 3.41. The number of nitrogens with zero attached hydrogens (tertiary/aromatic N) is 2. The summed E-state index contributed by atoms with van der Waals surface area (Å²) in [4.78, 5) is 12.6. The van der Waals surface area contributed by atoms with Crippen LogP contribution in [0.25, 0.3) is 0 Å². The molecule has 1 N–H and O–H groups in total. The van der Waals surface area contributed by atoms with E-state index in [9.17, 15) is 14.5 Å². The first-order chi connectivity index (χ1) is 9.95. The number of anilines is 1. The molecule has 0 aliphatic carbocycles. The standard InChI is InChI=1S/C15H22FN3O2/c1-11(2)18-6-3-4-13(5-7-18)17-14-8-12(16)9-15(10-14)19(20)21/h8-11,13,17H,3-7H2,1-2H3. The van der Waals surface area contributed by atoms with Crippen molar-refractivity contribution in [2.45, 2.75) is 45.2 Å². The van der Waals surface area contributed by atoms with E-state index in [4.69, 9.17) is 0 Å². The molecule has 0 saturated carbocycles. The maximum atomic E-state index is 13.4. The zero-order valence-electron chi connectivity index (χ0n) is 12.5. The maximum Gasteiger partial charge on any atom is 0.274 e. The number of hydrogen-bond donors (Lipinski definition) is 1. The summed E-state index contributed by atoms with van der Waals surface area (Å²) >= 11 is 0. The van der Waals surface area contributed by atoms with E-state index in [0.29, 0.717) is 11.7 Å². The van der Waals surface area contributed by atoms with Gasteiger partial charge in [0.05, 0.1) is 11.0 Å². The van der Waals surface area contributed by atoms with E-state index in [0.717, 1.165) is 38.4 Å². The summed E-state index contributed by atoms with van der Waals surface area (Å²) in [7, 11) is 0. The second-order valence-electron chi connectivity index (χ2n) is 5.86. The minimum atomic E-state index is -0.580. The van der Waals surface area contributed by atoms with Crippen LogP contribution >= 0.6 is 0 Å². The third-order valence-corrected chi connectivity index (χ3v) is 3.96. The van der Waals surface area contributed by atoms with Crippen LogP contribution in [-0.2, 0) is 0 Å². The van der Waals surface area contributed by atoms with Gasteiger partial charge in [-0.1, -0.05) is 0 Å². The lowest BCUT2D eigenvalue weighted by atomic mass is 10.1. The number of rotatable bonds is 4. The fourth-order valence-corrected chi connectivity index (χ4v) is 2.78. The van der Waals surface area contributed by atoms with Crippen LogP contribution in [0.4, 0.5) is 15.8 Å². The number of non-ortho nitro benzene ring substituents is 1. The lowest BCUT2D eigenvalue weighted by Crippen LogP contribution is -2.32. The Hall–Kier alpha value is -1.69. The van der Waals surface area contributed by atoms with Gasteiger partial charge in [-0.2, -0.15) is 0 Å². The van der Waals surface area contributed by atoms with E-state index < -0.39 is 10.7 Å². The van der Waals surface area contributed by atoms with Crippen LogP contribution in [0.3, 0.4) is 0 Å². The molecule has 0 amide bonds. The average molecular weight is 295 g/mol. The number of nitro groups is 1. The van der Waals surface area contributed by atoms with Gasteiger partial charge in [-0.05, 0) is 45.7 Å². The first-order valence-electron chi connectivity index (χ1n) is 7.41. The zero-order chi connectivity index (χ0) is 15.4. The van der Waals surface area contributed by atoms with Crippen molar-refractivity contribution >= 4 is 11.4 Å². The Morgan fingerprint density at radius 1 is 1.33 bits per heavy atom. The van der Waals surface area contributed by atoms with E-state index in [1.54, 1.807) is 0 Å². The maximum absolute atomic E-state index is 13.4. The molecule has 0 bridgehead atoms. The monoisotopic (exact) mass is 295 g/mol. The third kappa shape index (κ3) is 4.39. The SMILES string of the molecule is CC(C)N1CCCC(Nc2cc(F)cc([N+](=O)[O-])c2)CC1. The lowest BCUT2D eigenvalue weighted by molar-refractivity contribution is -0.385. The minimum absolute atomic E-state index is 0.213. The highest BCUT2D eigenvalue weighted by atomic mass is 19.1. The van der Waals surface area contributed by atoms with Crippen LogP contribution in [0.1, 0.15) is 33.1 Å². The number of nitro benzene ring substituents is 1. The molecule has 5 nitrogen and oxygen atoms in total. The van der Waals surface area contributed by atoms with Gasteiger partial charge in [0.2, 0.25) is 0 Å². The van der Waals surface area contributed by atoms with Gasteiger partial charge in [-0.25, -0.2) is 4.39 Å². The van der Waals surface area contributed by atoms with Crippen molar-refractivity contribution in [2.24, 2.45) is 0 Å². The van der Waals surface area contributed by atoms with Gasteiger partial charge in [0, 0.05) is 30.4 Å². The lowest BCUT2D eigenvalue weighted by Gasteiger charge is -2.24. The van der Waals surface area contributed by atoms with Crippen LogP contribution in [0, 0.1) is 15.9 Å². The van der Waals surface area contributed by atoms with Crippen molar-refractivity contribution in [2.75, 3.05) is 18.4 Å².